The molecule has 4 aromatic rings. The lowest BCUT2D eigenvalue weighted by Crippen LogP contribution is -2.54. The SMILES string of the molecule is CCn1c2ccccc2c2cc(NC(=O)C(C)N3CCN(C(=O)c4ccco4)CC3)ccc21. The molecule has 2 aromatic heterocycles. The number of piperazine rings is 1. The molecule has 0 aliphatic carbocycles. The van der Waals surface area contributed by atoms with E-state index in [1.54, 1.807) is 17.0 Å². The number of anilines is 1. The largest absolute Gasteiger partial charge is 0.459 e. The summed E-state index contributed by atoms with van der Waals surface area (Å²) in [5.74, 6) is 0.213. The van der Waals surface area contributed by atoms with Crippen LogP contribution in [0.4, 0.5) is 5.69 Å². The monoisotopic (exact) mass is 444 g/mol. The second-order valence-corrected chi connectivity index (χ2v) is 8.46. The van der Waals surface area contributed by atoms with Crippen LogP contribution in [0.25, 0.3) is 21.8 Å². The van der Waals surface area contributed by atoms with E-state index in [4.69, 9.17) is 4.42 Å². The van der Waals surface area contributed by atoms with Crippen molar-refractivity contribution in [3.63, 3.8) is 0 Å². The van der Waals surface area contributed by atoms with Crippen molar-refractivity contribution in [3.05, 3.63) is 66.6 Å². The maximum absolute atomic E-state index is 13.0. The second-order valence-electron chi connectivity index (χ2n) is 8.46. The number of nitrogens with zero attached hydrogens (tertiary/aromatic N) is 3. The standard InChI is InChI=1S/C26H28N4O3/c1-3-30-22-8-5-4-7-20(22)21-17-19(10-11-23(21)30)27-25(31)18(2)28-12-14-29(15-13-28)26(32)24-9-6-16-33-24/h4-11,16-18H,3,12-15H2,1-2H3,(H,27,31). The van der Waals surface area contributed by atoms with E-state index in [2.05, 4.69) is 52.0 Å². The average Bonchev–Trinajstić information content (AvgIpc) is 3.49. The number of fused-ring (bicyclic) bond motifs is 3. The van der Waals surface area contributed by atoms with E-state index in [1.165, 1.54) is 22.7 Å². The van der Waals surface area contributed by atoms with Gasteiger partial charge in [-0.25, -0.2) is 0 Å². The van der Waals surface area contributed by atoms with Gasteiger partial charge in [0.1, 0.15) is 0 Å². The van der Waals surface area contributed by atoms with Crippen LogP contribution in [0, 0.1) is 0 Å². The number of nitrogens with one attached hydrogen (secondary N) is 1. The Morgan fingerprint density at radius 3 is 2.45 bits per heavy atom. The average molecular weight is 445 g/mol. The third-order valence-electron chi connectivity index (χ3n) is 6.62. The molecule has 0 spiro atoms. The Morgan fingerprint density at radius 2 is 1.73 bits per heavy atom. The first-order valence-corrected chi connectivity index (χ1v) is 11.5. The first-order chi connectivity index (χ1) is 16.1. The van der Waals surface area contributed by atoms with Crippen molar-refractivity contribution in [1.29, 1.82) is 0 Å². The Bertz CT molecular complexity index is 1300. The number of furan rings is 1. The van der Waals surface area contributed by atoms with Crippen LogP contribution in [-0.4, -0.2) is 58.4 Å². The topological polar surface area (TPSA) is 70.7 Å². The summed E-state index contributed by atoms with van der Waals surface area (Å²) in [4.78, 5) is 29.4. The zero-order valence-electron chi connectivity index (χ0n) is 19.0. The Balaban J connectivity index is 1.27. The van der Waals surface area contributed by atoms with Crippen LogP contribution in [0.2, 0.25) is 0 Å². The minimum Gasteiger partial charge on any atom is -0.459 e. The molecule has 1 atom stereocenters. The van der Waals surface area contributed by atoms with E-state index in [9.17, 15) is 9.59 Å². The molecule has 170 valence electrons. The molecule has 7 heteroatoms. The van der Waals surface area contributed by atoms with Gasteiger partial charge >= 0.3 is 0 Å². The number of carbonyl (C=O) groups excluding carboxylic acids is 2. The van der Waals surface area contributed by atoms with Gasteiger partial charge in [-0.05, 0) is 50.2 Å². The summed E-state index contributed by atoms with van der Waals surface area (Å²) in [5, 5.41) is 5.43. The number of hydrogen-bond donors (Lipinski definition) is 1. The van der Waals surface area contributed by atoms with Crippen molar-refractivity contribution in [2.75, 3.05) is 31.5 Å². The number of aryl methyl sites for hydroxylation is 1. The second kappa shape index (κ2) is 8.75. The normalized spacial score (nSPS) is 15.8. The van der Waals surface area contributed by atoms with Crippen LogP contribution < -0.4 is 5.32 Å². The van der Waals surface area contributed by atoms with Gasteiger partial charge in [-0.2, -0.15) is 0 Å². The molecule has 2 aromatic carbocycles. The van der Waals surface area contributed by atoms with Crippen molar-refractivity contribution in [3.8, 4) is 0 Å². The number of carbonyl (C=O) groups is 2. The van der Waals surface area contributed by atoms with Gasteiger partial charge in [0, 0.05) is 60.2 Å². The summed E-state index contributed by atoms with van der Waals surface area (Å²) >= 11 is 0. The lowest BCUT2D eigenvalue weighted by Gasteiger charge is -2.37. The number of para-hydroxylation sites is 1. The van der Waals surface area contributed by atoms with Gasteiger partial charge < -0.3 is 19.2 Å². The number of aromatic nitrogens is 1. The predicted octanol–water partition coefficient (Wildman–Crippen LogP) is 4.19. The molecular formula is C26H28N4O3. The van der Waals surface area contributed by atoms with Gasteiger partial charge in [-0.1, -0.05) is 18.2 Å². The van der Waals surface area contributed by atoms with Crippen LogP contribution in [0.1, 0.15) is 24.4 Å². The van der Waals surface area contributed by atoms with E-state index in [0.29, 0.717) is 31.9 Å². The number of hydrogen-bond acceptors (Lipinski definition) is 4. The number of benzene rings is 2. The van der Waals surface area contributed by atoms with Gasteiger partial charge in [-0.3, -0.25) is 14.5 Å². The Hall–Kier alpha value is -3.58. The molecule has 0 radical (unpaired) electrons. The maximum atomic E-state index is 13.0. The molecule has 1 fully saturated rings. The number of rotatable bonds is 5. The fraction of sp³-hybridized carbons (Fsp3) is 0.308. The summed E-state index contributed by atoms with van der Waals surface area (Å²) in [7, 11) is 0. The molecule has 1 saturated heterocycles. The fourth-order valence-corrected chi connectivity index (χ4v) is 4.75. The van der Waals surface area contributed by atoms with Gasteiger partial charge in [0.2, 0.25) is 5.91 Å². The van der Waals surface area contributed by atoms with Crippen molar-refractivity contribution >= 4 is 39.3 Å². The molecule has 33 heavy (non-hydrogen) atoms. The highest BCUT2D eigenvalue weighted by Gasteiger charge is 2.28. The summed E-state index contributed by atoms with van der Waals surface area (Å²) in [6.45, 7) is 7.38. The first kappa shape index (κ1) is 21.3. The van der Waals surface area contributed by atoms with Crippen LogP contribution >= 0.6 is 0 Å². The van der Waals surface area contributed by atoms with E-state index in [0.717, 1.165) is 17.6 Å². The maximum Gasteiger partial charge on any atom is 0.289 e. The molecule has 0 bridgehead atoms. The molecule has 7 nitrogen and oxygen atoms in total. The minimum atomic E-state index is -0.293. The Labute approximate surface area is 192 Å². The lowest BCUT2D eigenvalue weighted by molar-refractivity contribution is -0.121. The van der Waals surface area contributed by atoms with Crippen LogP contribution in [0.3, 0.4) is 0 Å². The quantitative estimate of drug-likeness (QED) is 0.501. The van der Waals surface area contributed by atoms with Gasteiger partial charge in [0.25, 0.3) is 5.91 Å². The predicted molar refractivity (Wildman–Crippen MR) is 129 cm³/mol. The molecular weight excluding hydrogens is 416 g/mol. The van der Waals surface area contributed by atoms with Crippen LogP contribution in [0.15, 0.2) is 65.3 Å². The van der Waals surface area contributed by atoms with Gasteiger partial charge in [-0.15, -0.1) is 0 Å². The summed E-state index contributed by atoms with van der Waals surface area (Å²) in [6.07, 6.45) is 1.51. The zero-order valence-corrected chi connectivity index (χ0v) is 19.0. The van der Waals surface area contributed by atoms with Crippen LogP contribution in [-0.2, 0) is 11.3 Å². The molecule has 0 saturated carbocycles. The fourth-order valence-electron chi connectivity index (χ4n) is 4.75. The van der Waals surface area contributed by atoms with Gasteiger partial charge in [0.05, 0.1) is 12.3 Å². The lowest BCUT2D eigenvalue weighted by atomic mass is 10.1. The molecule has 1 aliphatic rings. The van der Waals surface area contributed by atoms with E-state index in [-0.39, 0.29) is 17.9 Å². The molecule has 5 rings (SSSR count). The van der Waals surface area contributed by atoms with Crippen molar-refractivity contribution in [2.45, 2.75) is 26.4 Å². The third kappa shape index (κ3) is 3.89. The molecule has 2 amide bonds. The Morgan fingerprint density at radius 1 is 0.970 bits per heavy atom. The van der Waals surface area contributed by atoms with Crippen molar-refractivity contribution < 1.29 is 14.0 Å². The summed E-state index contributed by atoms with van der Waals surface area (Å²) in [5.41, 5.74) is 3.17. The number of amides is 2. The highest BCUT2D eigenvalue weighted by atomic mass is 16.3. The van der Waals surface area contributed by atoms with Gasteiger partial charge in [0.15, 0.2) is 5.76 Å². The summed E-state index contributed by atoms with van der Waals surface area (Å²) in [6, 6.07) is 17.6. The smallest absolute Gasteiger partial charge is 0.289 e. The molecule has 3 heterocycles. The highest BCUT2D eigenvalue weighted by Crippen LogP contribution is 2.31. The zero-order chi connectivity index (χ0) is 22.9. The van der Waals surface area contributed by atoms with E-state index in [1.807, 2.05) is 19.1 Å². The highest BCUT2D eigenvalue weighted by molar-refractivity contribution is 6.10. The third-order valence-corrected chi connectivity index (χ3v) is 6.62. The van der Waals surface area contributed by atoms with E-state index >= 15 is 0 Å². The molecule has 1 aliphatic heterocycles. The first-order valence-electron chi connectivity index (χ1n) is 11.5. The summed E-state index contributed by atoms with van der Waals surface area (Å²) < 4.78 is 7.52. The Kier molecular flexibility index (Phi) is 5.64. The van der Waals surface area contributed by atoms with Crippen LogP contribution in [0.5, 0.6) is 0 Å². The minimum absolute atomic E-state index is 0.0422. The van der Waals surface area contributed by atoms with Crippen molar-refractivity contribution in [1.82, 2.24) is 14.4 Å². The van der Waals surface area contributed by atoms with E-state index < -0.39 is 0 Å². The molecule has 1 unspecified atom stereocenters. The van der Waals surface area contributed by atoms with Crippen molar-refractivity contribution in [2.24, 2.45) is 0 Å². The molecule has 1 N–H and O–H groups in total.